The predicted octanol–water partition coefficient (Wildman–Crippen LogP) is 5.70. The molecule has 1 N–H and O–H groups in total. The van der Waals surface area contributed by atoms with E-state index in [9.17, 15) is 0 Å². The average molecular weight is 312 g/mol. The summed E-state index contributed by atoms with van der Waals surface area (Å²) in [6, 6.07) is 9.57. The van der Waals surface area contributed by atoms with Crippen LogP contribution >= 0.6 is 23.2 Å². The first-order valence-corrected chi connectivity index (χ1v) is 7.69. The summed E-state index contributed by atoms with van der Waals surface area (Å²) in [4.78, 5) is 0. The van der Waals surface area contributed by atoms with E-state index in [-0.39, 0.29) is 6.04 Å². The Kier molecular flexibility index (Phi) is 5.53. The third-order valence-corrected chi connectivity index (χ3v) is 3.78. The van der Waals surface area contributed by atoms with Crippen LogP contribution in [0.25, 0.3) is 11.3 Å². The summed E-state index contributed by atoms with van der Waals surface area (Å²) in [7, 11) is 0. The summed E-state index contributed by atoms with van der Waals surface area (Å²) in [6.07, 6.45) is 2.08. The molecule has 0 saturated carbocycles. The van der Waals surface area contributed by atoms with Crippen LogP contribution in [-0.2, 0) is 0 Å². The molecule has 1 heterocycles. The first-order chi connectivity index (χ1) is 9.65. The maximum Gasteiger partial charge on any atom is 0.135 e. The summed E-state index contributed by atoms with van der Waals surface area (Å²) in [5.74, 6) is 1.69. The van der Waals surface area contributed by atoms with Crippen molar-refractivity contribution in [2.75, 3.05) is 6.54 Å². The van der Waals surface area contributed by atoms with Crippen molar-refractivity contribution in [1.82, 2.24) is 5.32 Å². The second-order valence-electron chi connectivity index (χ2n) is 4.74. The first-order valence-electron chi connectivity index (χ1n) is 6.94. The van der Waals surface area contributed by atoms with E-state index >= 15 is 0 Å². The molecule has 0 spiro atoms. The highest BCUT2D eigenvalue weighted by Crippen LogP contribution is 2.33. The van der Waals surface area contributed by atoms with Crippen molar-refractivity contribution >= 4 is 23.2 Å². The molecular formula is C16H19Cl2NO. The highest BCUT2D eigenvalue weighted by atomic mass is 35.5. The molecule has 1 aromatic carbocycles. The van der Waals surface area contributed by atoms with E-state index in [1.807, 2.05) is 18.2 Å². The zero-order chi connectivity index (χ0) is 14.5. The van der Waals surface area contributed by atoms with Crippen LogP contribution in [-0.4, -0.2) is 6.54 Å². The SMILES string of the molecule is CCCNC(CC)c1ccc(-c2cc(Cl)ccc2Cl)o1. The number of rotatable bonds is 6. The molecule has 2 rings (SSSR count). The molecule has 2 nitrogen and oxygen atoms in total. The molecule has 0 amide bonds. The number of nitrogens with one attached hydrogen (secondary N) is 1. The van der Waals surface area contributed by atoms with Crippen molar-refractivity contribution in [2.45, 2.75) is 32.7 Å². The number of hydrogen-bond acceptors (Lipinski definition) is 2. The van der Waals surface area contributed by atoms with Gasteiger partial charge < -0.3 is 9.73 Å². The summed E-state index contributed by atoms with van der Waals surface area (Å²) < 4.78 is 5.95. The van der Waals surface area contributed by atoms with Crippen LogP contribution < -0.4 is 5.32 Å². The lowest BCUT2D eigenvalue weighted by Gasteiger charge is -2.13. The third kappa shape index (κ3) is 3.57. The van der Waals surface area contributed by atoms with E-state index in [0.717, 1.165) is 36.5 Å². The lowest BCUT2D eigenvalue weighted by atomic mass is 10.1. The molecular weight excluding hydrogens is 293 g/mol. The second-order valence-corrected chi connectivity index (χ2v) is 5.58. The zero-order valence-corrected chi connectivity index (χ0v) is 13.3. The van der Waals surface area contributed by atoms with Crippen LogP contribution in [0, 0.1) is 0 Å². The molecule has 1 aromatic heterocycles. The van der Waals surface area contributed by atoms with E-state index < -0.39 is 0 Å². The van der Waals surface area contributed by atoms with Gasteiger partial charge in [0.2, 0.25) is 0 Å². The Balaban J connectivity index is 2.25. The van der Waals surface area contributed by atoms with Crippen molar-refractivity contribution in [2.24, 2.45) is 0 Å². The van der Waals surface area contributed by atoms with Gasteiger partial charge in [-0.15, -0.1) is 0 Å². The van der Waals surface area contributed by atoms with E-state index in [0.29, 0.717) is 10.0 Å². The first kappa shape index (κ1) is 15.4. The monoisotopic (exact) mass is 311 g/mol. The Morgan fingerprint density at radius 1 is 1.15 bits per heavy atom. The molecule has 4 heteroatoms. The van der Waals surface area contributed by atoms with Crippen molar-refractivity contribution < 1.29 is 4.42 Å². The van der Waals surface area contributed by atoms with Gasteiger partial charge in [-0.2, -0.15) is 0 Å². The van der Waals surface area contributed by atoms with E-state index in [2.05, 4.69) is 19.2 Å². The van der Waals surface area contributed by atoms with E-state index in [4.69, 9.17) is 27.6 Å². The second kappa shape index (κ2) is 7.16. The van der Waals surface area contributed by atoms with Gasteiger partial charge in [-0.25, -0.2) is 0 Å². The smallest absolute Gasteiger partial charge is 0.135 e. The Bertz CT molecular complexity index is 565. The maximum atomic E-state index is 6.20. The van der Waals surface area contributed by atoms with Crippen LogP contribution in [0.3, 0.4) is 0 Å². The molecule has 1 unspecified atom stereocenters. The number of furan rings is 1. The van der Waals surface area contributed by atoms with Gasteiger partial charge in [0.1, 0.15) is 11.5 Å². The maximum absolute atomic E-state index is 6.20. The molecule has 2 aromatic rings. The van der Waals surface area contributed by atoms with Gasteiger partial charge in [-0.3, -0.25) is 0 Å². The van der Waals surface area contributed by atoms with Crippen LogP contribution in [0.15, 0.2) is 34.7 Å². The molecule has 20 heavy (non-hydrogen) atoms. The standard InChI is InChI=1S/C16H19Cl2NO/c1-3-9-19-14(4-2)16-8-7-15(20-16)12-10-11(17)5-6-13(12)18/h5-8,10,14,19H,3-4,9H2,1-2H3. The number of benzene rings is 1. The zero-order valence-electron chi connectivity index (χ0n) is 11.7. The quantitative estimate of drug-likeness (QED) is 0.739. The topological polar surface area (TPSA) is 25.2 Å². The number of hydrogen-bond donors (Lipinski definition) is 1. The molecule has 108 valence electrons. The molecule has 0 aliphatic heterocycles. The number of halogens is 2. The normalized spacial score (nSPS) is 12.6. The largest absolute Gasteiger partial charge is 0.459 e. The van der Waals surface area contributed by atoms with Gasteiger partial charge in [0.25, 0.3) is 0 Å². The van der Waals surface area contributed by atoms with Gasteiger partial charge >= 0.3 is 0 Å². The van der Waals surface area contributed by atoms with Gasteiger partial charge in [-0.05, 0) is 49.7 Å². The molecule has 0 fully saturated rings. The molecule has 0 bridgehead atoms. The van der Waals surface area contributed by atoms with Gasteiger partial charge in [0.05, 0.1) is 11.1 Å². The predicted molar refractivity (Wildman–Crippen MR) is 85.5 cm³/mol. The van der Waals surface area contributed by atoms with Gasteiger partial charge in [-0.1, -0.05) is 37.0 Å². The molecule has 0 radical (unpaired) electrons. The lowest BCUT2D eigenvalue weighted by molar-refractivity contribution is 0.411. The Morgan fingerprint density at radius 3 is 2.65 bits per heavy atom. The molecule has 0 aliphatic carbocycles. The summed E-state index contributed by atoms with van der Waals surface area (Å²) in [5, 5.41) is 4.77. The van der Waals surface area contributed by atoms with Crippen molar-refractivity contribution in [1.29, 1.82) is 0 Å². The van der Waals surface area contributed by atoms with Crippen LogP contribution in [0.2, 0.25) is 10.0 Å². The van der Waals surface area contributed by atoms with Crippen LogP contribution in [0.4, 0.5) is 0 Å². The third-order valence-electron chi connectivity index (χ3n) is 3.21. The van der Waals surface area contributed by atoms with E-state index in [1.54, 1.807) is 12.1 Å². The summed E-state index contributed by atoms with van der Waals surface area (Å²) in [6.45, 7) is 5.27. The summed E-state index contributed by atoms with van der Waals surface area (Å²) in [5.41, 5.74) is 0.829. The highest BCUT2D eigenvalue weighted by Gasteiger charge is 2.15. The van der Waals surface area contributed by atoms with Crippen molar-refractivity contribution in [3.8, 4) is 11.3 Å². The van der Waals surface area contributed by atoms with Crippen LogP contribution in [0.5, 0.6) is 0 Å². The average Bonchev–Trinajstić information content (AvgIpc) is 2.92. The Morgan fingerprint density at radius 2 is 1.95 bits per heavy atom. The minimum Gasteiger partial charge on any atom is -0.459 e. The van der Waals surface area contributed by atoms with Crippen LogP contribution in [0.1, 0.15) is 38.5 Å². The molecule has 0 aliphatic rings. The Labute approximate surface area is 130 Å². The van der Waals surface area contributed by atoms with Crippen molar-refractivity contribution in [3.05, 3.63) is 46.1 Å². The summed E-state index contributed by atoms with van der Waals surface area (Å²) >= 11 is 12.2. The fourth-order valence-corrected chi connectivity index (χ4v) is 2.52. The molecule has 0 saturated heterocycles. The lowest BCUT2D eigenvalue weighted by Crippen LogP contribution is -2.20. The Hall–Kier alpha value is -0.960. The van der Waals surface area contributed by atoms with Gasteiger partial charge in [0, 0.05) is 10.6 Å². The molecule has 1 atom stereocenters. The minimum atomic E-state index is 0.238. The van der Waals surface area contributed by atoms with E-state index in [1.165, 1.54) is 0 Å². The van der Waals surface area contributed by atoms with Gasteiger partial charge in [0.15, 0.2) is 0 Å². The fourth-order valence-electron chi connectivity index (χ4n) is 2.14. The van der Waals surface area contributed by atoms with Crippen molar-refractivity contribution in [3.63, 3.8) is 0 Å². The fraction of sp³-hybridized carbons (Fsp3) is 0.375. The minimum absolute atomic E-state index is 0.238. The highest BCUT2D eigenvalue weighted by molar-refractivity contribution is 6.35.